The van der Waals surface area contributed by atoms with Crippen molar-refractivity contribution in [1.82, 2.24) is 0 Å². The lowest BCUT2D eigenvalue weighted by Gasteiger charge is -2.10. The molecule has 0 aliphatic rings. The smallest absolute Gasteiger partial charge is 0.303 e. The Morgan fingerprint density at radius 3 is 2.30 bits per heavy atom. The average molecular weight is 149 g/mol. The fourth-order valence-corrected chi connectivity index (χ4v) is 0.439. The van der Waals surface area contributed by atoms with Gasteiger partial charge in [-0.25, -0.2) is 0 Å². The maximum absolute atomic E-state index is 9.91. The van der Waals surface area contributed by atoms with Gasteiger partial charge in [0, 0.05) is 6.42 Å². The first kappa shape index (κ1) is 9.35. The van der Waals surface area contributed by atoms with Crippen LogP contribution in [0.2, 0.25) is 0 Å². The van der Waals surface area contributed by atoms with Crippen molar-refractivity contribution in [3.05, 3.63) is 0 Å². The van der Waals surface area contributed by atoms with Gasteiger partial charge in [0.15, 0.2) is 6.29 Å². The van der Waals surface area contributed by atoms with Gasteiger partial charge < -0.3 is 21.1 Å². The van der Waals surface area contributed by atoms with E-state index in [1.54, 1.807) is 0 Å². The molecule has 0 heterocycles. The Morgan fingerprint density at radius 1 is 1.50 bits per heavy atom. The van der Waals surface area contributed by atoms with E-state index in [1.807, 2.05) is 0 Å². The van der Waals surface area contributed by atoms with Crippen LogP contribution in [0.3, 0.4) is 0 Å². The lowest BCUT2D eigenvalue weighted by atomic mass is 10.1. The minimum Gasteiger partial charge on any atom is -0.481 e. The van der Waals surface area contributed by atoms with E-state index >= 15 is 0 Å². The van der Waals surface area contributed by atoms with E-state index in [-0.39, 0.29) is 12.8 Å². The molecular weight excluding hydrogens is 138 g/mol. The largest absolute Gasteiger partial charge is 0.481 e. The van der Waals surface area contributed by atoms with E-state index in [4.69, 9.17) is 21.1 Å². The molecule has 5 nitrogen and oxygen atoms in total. The molecule has 0 aromatic rings. The molecule has 0 aromatic carbocycles. The van der Waals surface area contributed by atoms with Gasteiger partial charge >= 0.3 is 5.97 Å². The first-order valence-corrected chi connectivity index (χ1v) is 2.87. The second-order valence-corrected chi connectivity index (χ2v) is 2.01. The minimum absolute atomic E-state index is 0.0764. The van der Waals surface area contributed by atoms with Gasteiger partial charge in [-0.05, 0) is 6.42 Å². The molecule has 5 heteroatoms. The van der Waals surface area contributed by atoms with Gasteiger partial charge in [-0.2, -0.15) is 0 Å². The quantitative estimate of drug-likeness (QED) is 0.364. The van der Waals surface area contributed by atoms with Crippen molar-refractivity contribution in [2.45, 2.75) is 25.2 Å². The van der Waals surface area contributed by atoms with Gasteiger partial charge in [0.05, 0.1) is 6.04 Å². The van der Waals surface area contributed by atoms with Crippen molar-refractivity contribution in [3.63, 3.8) is 0 Å². The first-order valence-electron chi connectivity index (χ1n) is 2.87. The number of aliphatic carboxylic acids is 1. The molecule has 0 unspecified atom stereocenters. The average Bonchev–Trinajstić information content (AvgIpc) is 1.82. The summed E-state index contributed by atoms with van der Waals surface area (Å²) in [6.07, 6.45) is -1.69. The van der Waals surface area contributed by atoms with E-state index in [2.05, 4.69) is 0 Å². The van der Waals surface area contributed by atoms with Crippen molar-refractivity contribution in [2.24, 2.45) is 5.73 Å². The summed E-state index contributed by atoms with van der Waals surface area (Å²) in [5.41, 5.74) is 5.10. The van der Waals surface area contributed by atoms with Crippen LogP contribution in [-0.4, -0.2) is 33.6 Å². The van der Waals surface area contributed by atoms with Gasteiger partial charge in [-0.1, -0.05) is 0 Å². The van der Waals surface area contributed by atoms with Crippen LogP contribution in [0.15, 0.2) is 0 Å². The second kappa shape index (κ2) is 4.21. The van der Waals surface area contributed by atoms with Gasteiger partial charge in [-0.3, -0.25) is 4.79 Å². The van der Waals surface area contributed by atoms with Gasteiger partial charge in [-0.15, -0.1) is 0 Å². The summed E-state index contributed by atoms with van der Waals surface area (Å²) >= 11 is 0. The minimum atomic E-state index is -1.63. The van der Waals surface area contributed by atoms with Crippen LogP contribution in [0.1, 0.15) is 12.8 Å². The molecule has 0 aromatic heterocycles. The Kier molecular flexibility index (Phi) is 3.94. The molecule has 0 rings (SSSR count). The summed E-state index contributed by atoms with van der Waals surface area (Å²) in [5.74, 6) is -0.990. The molecule has 0 bridgehead atoms. The number of rotatable bonds is 4. The molecule has 0 aliphatic heterocycles. The molecule has 0 fully saturated rings. The van der Waals surface area contributed by atoms with Crippen molar-refractivity contribution in [1.29, 1.82) is 0 Å². The Morgan fingerprint density at radius 2 is 2.00 bits per heavy atom. The van der Waals surface area contributed by atoms with Crippen LogP contribution in [-0.2, 0) is 4.79 Å². The SMILES string of the molecule is N[C@@H](CCC(=O)O)C(O)O. The van der Waals surface area contributed by atoms with E-state index in [0.29, 0.717) is 0 Å². The van der Waals surface area contributed by atoms with E-state index in [0.717, 1.165) is 0 Å². The van der Waals surface area contributed by atoms with Crippen molar-refractivity contribution in [2.75, 3.05) is 0 Å². The molecule has 10 heavy (non-hydrogen) atoms. The Bertz CT molecular complexity index is 114. The van der Waals surface area contributed by atoms with Gasteiger partial charge in [0.1, 0.15) is 0 Å². The van der Waals surface area contributed by atoms with Crippen molar-refractivity contribution < 1.29 is 20.1 Å². The summed E-state index contributed by atoms with van der Waals surface area (Å²) in [4.78, 5) is 9.91. The third-order valence-corrected chi connectivity index (χ3v) is 1.07. The lowest BCUT2D eigenvalue weighted by Crippen LogP contribution is -2.34. The van der Waals surface area contributed by atoms with Crippen LogP contribution in [0.25, 0.3) is 0 Å². The maximum Gasteiger partial charge on any atom is 0.303 e. The molecule has 60 valence electrons. The van der Waals surface area contributed by atoms with Crippen LogP contribution in [0, 0.1) is 0 Å². The van der Waals surface area contributed by atoms with Gasteiger partial charge in [0.2, 0.25) is 0 Å². The summed E-state index contributed by atoms with van der Waals surface area (Å²) in [7, 11) is 0. The van der Waals surface area contributed by atoms with Crippen LogP contribution >= 0.6 is 0 Å². The molecule has 5 N–H and O–H groups in total. The zero-order chi connectivity index (χ0) is 8.15. The van der Waals surface area contributed by atoms with E-state index < -0.39 is 18.3 Å². The lowest BCUT2D eigenvalue weighted by molar-refractivity contribution is -0.137. The number of carboxylic acid groups (broad SMARTS) is 1. The molecule has 0 aliphatic carbocycles. The highest BCUT2D eigenvalue weighted by atomic mass is 16.5. The van der Waals surface area contributed by atoms with Gasteiger partial charge in [0.25, 0.3) is 0 Å². The predicted octanol–water partition coefficient (Wildman–Crippen LogP) is -1.51. The predicted molar refractivity (Wildman–Crippen MR) is 33.1 cm³/mol. The summed E-state index contributed by atoms with van der Waals surface area (Å²) < 4.78 is 0. The fraction of sp³-hybridized carbons (Fsp3) is 0.800. The molecule has 0 saturated carbocycles. The summed E-state index contributed by atoms with van der Waals surface area (Å²) in [6, 6.07) is -0.865. The molecule has 0 radical (unpaired) electrons. The zero-order valence-electron chi connectivity index (χ0n) is 5.40. The molecule has 1 atom stereocenters. The monoisotopic (exact) mass is 149 g/mol. The van der Waals surface area contributed by atoms with Crippen molar-refractivity contribution >= 4 is 5.97 Å². The Hall–Kier alpha value is -0.650. The third kappa shape index (κ3) is 4.25. The highest BCUT2D eigenvalue weighted by molar-refractivity contribution is 5.66. The second-order valence-electron chi connectivity index (χ2n) is 2.01. The fourth-order valence-electron chi connectivity index (χ4n) is 0.439. The molecule has 0 amide bonds. The number of carboxylic acids is 1. The maximum atomic E-state index is 9.91. The first-order chi connectivity index (χ1) is 4.54. The number of aliphatic hydroxyl groups is 2. The highest BCUT2D eigenvalue weighted by Crippen LogP contribution is 1.96. The molecular formula is C5H11NO4. The van der Waals surface area contributed by atoms with Crippen LogP contribution in [0.4, 0.5) is 0 Å². The topological polar surface area (TPSA) is 104 Å². The number of hydrogen-bond donors (Lipinski definition) is 4. The van der Waals surface area contributed by atoms with E-state index in [9.17, 15) is 4.79 Å². The van der Waals surface area contributed by atoms with E-state index in [1.165, 1.54) is 0 Å². The third-order valence-electron chi connectivity index (χ3n) is 1.07. The summed E-state index contributed by atoms with van der Waals surface area (Å²) in [6.45, 7) is 0. The van der Waals surface area contributed by atoms with Crippen molar-refractivity contribution in [3.8, 4) is 0 Å². The van der Waals surface area contributed by atoms with Crippen LogP contribution in [0.5, 0.6) is 0 Å². The number of carbonyl (C=O) groups is 1. The summed E-state index contributed by atoms with van der Waals surface area (Å²) in [5, 5.41) is 24.9. The molecule has 0 saturated heterocycles. The molecule has 0 spiro atoms. The Labute approximate surface area is 58.1 Å². The number of nitrogens with two attached hydrogens (primary N) is 1. The number of hydrogen-bond acceptors (Lipinski definition) is 4. The number of aliphatic hydroxyl groups excluding tert-OH is 1. The standard InChI is InChI=1S/C5H11NO4/c6-3(5(9)10)1-2-4(7)8/h3,5,9-10H,1-2,6H2,(H,7,8)/t3-/m0/s1. The zero-order valence-corrected chi connectivity index (χ0v) is 5.40. The Balaban J connectivity index is 3.39. The van der Waals surface area contributed by atoms with Crippen LogP contribution < -0.4 is 5.73 Å². The highest BCUT2D eigenvalue weighted by Gasteiger charge is 2.11. The normalized spacial score (nSPS) is 13.6.